The lowest BCUT2D eigenvalue weighted by Gasteiger charge is -2.30. The van der Waals surface area contributed by atoms with Gasteiger partial charge in [-0.2, -0.15) is 0 Å². The highest BCUT2D eigenvalue weighted by atomic mass is 16.4. The van der Waals surface area contributed by atoms with Crippen molar-refractivity contribution in [3.8, 4) is 0 Å². The van der Waals surface area contributed by atoms with E-state index in [1.165, 1.54) is 11.9 Å². The molecule has 0 aromatic rings. The number of nitrogens with zero attached hydrogens (tertiary/aromatic N) is 2. The van der Waals surface area contributed by atoms with Gasteiger partial charge in [-0.25, -0.2) is 4.79 Å². The fourth-order valence-electron chi connectivity index (χ4n) is 2.22. The van der Waals surface area contributed by atoms with Gasteiger partial charge >= 0.3 is 5.97 Å². The highest BCUT2D eigenvalue weighted by Crippen LogP contribution is 2.11. The average Bonchev–Trinajstić information content (AvgIpc) is 2.81. The van der Waals surface area contributed by atoms with Gasteiger partial charge in [-0.1, -0.05) is 0 Å². The zero-order valence-corrected chi connectivity index (χ0v) is 12.0. The largest absolute Gasteiger partial charge is 0.479 e. The molecule has 118 valence electrons. The molecular formula is C12H20N4O5. The summed E-state index contributed by atoms with van der Waals surface area (Å²) in [6, 6.07) is -0.311. The molecule has 9 heteroatoms. The number of carboxylic acids is 1. The number of aliphatic carboxylic acids is 1. The first-order valence-electron chi connectivity index (χ1n) is 6.53. The second-order valence-electron chi connectivity index (χ2n) is 4.86. The van der Waals surface area contributed by atoms with Crippen molar-refractivity contribution >= 4 is 24.1 Å². The molecule has 1 rings (SSSR count). The minimum atomic E-state index is -1.14. The van der Waals surface area contributed by atoms with E-state index in [9.17, 15) is 19.2 Å². The molecule has 0 aliphatic carbocycles. The first-order valence-corrected chi connectivity index (χ1v) is 6.53. The van der Waals surface area contributed by atoms with Gasteiger partial charge in [0, 0.05) is 19.6 Å². The molecule has 9 nitrogen and oxygen atoms in total. The highest BCUT2D eigenvalue weighted by Gasteiger charge is 2.38. The summed E-state index contributed by atoms with van der Waals surface area (Å²) in [5.41, 5.74) is 0. The second-order valence-corrected chi connectivity index (χ2v) is 4.86. The molecule has 0 saturated carbocycles. The monoisotopic (exact) mass is 300 g/mol. The first-order chi connectivity index (χ1) is 9.88. The van der Waals surface area contributed by atoms with Crippen molar-refractivity contribution in [3.63, 3.8) is 0 Å². The smallest absolute Gasteiger partial charge is 0.341 e. The Morgan fingerprint density at radius 3 is 2.81 bits per heavy atom. The van der Waals surface area contributed by atoms with Crippen LogP contribution in [-0.2, 0) is 19.2 Å². The van der Waals surface area contributed by atoms with Gasteiger partial charge in [-0.05, 0) is 6.92 Å². The number of aldehydes is 1. The molecular weight excluding hydrogens is 280 g/mol. The summed E-state index contributed by atoms with van der Waals surface area (Å²) in [6.07, 6.45) is -0.400. The Balaban J connectivity index is 2.69. The van der Waals surface area contributed by atoms with Gasteiger partial charge in [0.25, 0.3) is 0 Å². The maximum absolute atomic E-state index is 11.4. The number of nitrogens with one attached hydrogen (secondary N) is 2. The number of hydrogen-bond acceptors (Lipinski definition) is 6. The molecule has 1 saturated heterocycles. The molecule has 0 spiro atoms. The third-order valence-corrected chi connectivity index (χ3v) is 3.26. The Morgan fingerprint density at radius 1 is 1.62 bits per heavy atom. The number of hydrogen-bond donors (Lipinski definition) is 3. The fourth-order valence-corrected chi connectivity index (χ4v) is 2.22. The lowest BCUT2D eigenvalue weighted by Crippen LogP contribution is -2.51. The maximum Gasteiger partial charge on any atom is 0.341 e. The van der Waals surface area contributed by atoms with E-state index < -0.39 is 12.1 Å². The van der Waals surface area contributed by atoms with Crippen molar-refractivity contribution in [2.75, 3.05) is 33.2 Å². The van der Waals surface area contributed by atoms with Crippen molar-refractivity contribution < 1.29 is 24.3 Å². The first kappa shape index (κ1) is 17.1. The van der Waals surface area contributed by atoms with Gasteiger partial charge < -0.3 is 20.5 Å². The lowest BCUT2D eigenvalue weighted by atomic mass is 10.2. The number of likely N-dealkylation sites (N-methyl/N-ethyl adjacent to an activating group) is 1. The molecule has 2 amide bonds. The number of rotatable bonds is 8. The third kappa shape index (κ3) is 4.80. The van der Waals surface area contributed by atoms with Gasteiger partial charge in [0.1, 0.15) is 6.29 Å². The van der Waals surface area contributed by atoms with Crippen molar-refractivity contribution in [1.29, 1.82) is 0 Å². The van der Waals surface area contributed by atoms with Crippen molar-refractivity contribution in [3.05, 3.63) is 0 Å². The molecule has 21 heavy (non-hydrogen) atoms. The zero-order chi connectivity index (χ0) is 16.0. The quantitative estimate of drug-likeness (QED) is 0.423. The second kappa shape index (κ2) is 7.70. The summed E-state index contributed by atoms with van der Waals surface area (Å²) in [5.74, 6) is -1.74. The Morgan fingerprint density at radius 2 is 2.29 bits per heavy atom. The van der Waals surface area contributed by atoms with E-state index in [1.54, 1.807) is 11.8 Å². The van der Waals surface area contributed by atoms with Gasteiger partial charge in [-0.15, -0.1) is 0 Å². The minimum Gasteiger partial charge on any atom is -0.479 e. The molecule has 1 fully saturated rings. The van der Waals surface area contributed by atoms with E-state index in [0.29, 0.717) is 12.8 Å². The molecule has 0 bridgehead atoms. The summed E-state index contributed by atoms with van der Waals surface area (Å²) in [7, 11) is 1.49. The fraction of sp³-hybridized carbons (Fsp3) is 0.667. The third-order valence-electron chi connectivity index (χ3n) is 3.26. The standard InChI is InChI=1S/C12H20N4O5/c1-8(5-15(3-4-17)6-9(18)13-2)16-7-10(19)14-11(16)12(20)21/h4,8,11H,3,5-7H2,1-2H3,(H,13,18)(H,14,19)(H,20,21). The Hall–Kier alpha value is -2.00. The number of carboxylic acid groups (broad SMARTS) is 1. The van der Waals surface area contributed by atoms with Crippen LogP contribution in [0.25, 0.3) is 0 Å². The number of carbonyl (C=O) groups excluding carboxylic acids is 3. The molecule has 2 unspecified atom stereocenters. The van der Waals surface area contributed by atoms with Crippen LogP contribution in [0.5, 0.6) is 0 Å². The van der Waals surface area contributed by atoms with Crippen molar-refractivity contribution in [2.45, 2.75) is 19.1 Å². The minimum absolute atomic E-state index is 0.0208. The molecule has 1 heterocycles. The topological polar surface area (TPSA) is 119 Å². The maximum atomic E-state index is 11.4. The normalized spacial score (nSPS) is 20.1. The predicted octanol–water partition coefficient (Wildman–Crippen LogP) is -2.54. The molecule has 1 aliphatic heterocycles. The van der Waals surface area contributed by atoms with Gasteiger partial charge in [-0.3, -0.25) is 19.4 Å². The predicted molar refractivity (Wildman–Crippen MR) is 72.3 cm³/mol. The van der Waals surface area contributed by atoms with Crippen LogP contribution < -0.4 is 10.6 Å². The summed E-state index contributed by atoms with van der Waals surface area (Å²) in [6.45, 7) is 2.12. The van der Waals surface area contributed by atoms with E-state index in [2.05, 4.69) is 10.6 Å². The van der Waals surface area contributed by atoms with Crippen LogP contribution in [0.2, 0.25) is 0 Å². The molecule has 1 aliphatic rings. The SMILES string of the molecule is CNC(=O)CN(CC=O)CC(C)N1CC(=O)NC1C(=O)O. The van der Waals surface area contributed by atoms with Crippen molar-refractivity contribution in [2.24, 2.45) is 0 Å². The van der Waals surface area contributed by atoms with Crippen LogP contribution in [-0.4, -0.2) is 84.4 Å². The van der Waals surface area contributed by atoms with E-state index in [1.807, 2.05) is 0 Å². The van der Waals surface area contributed by atoms with Gasteiger partial charge in [0.15, 0.2) is 6.17 Å². The molecule has 0 radical (unpaired) electrons. The molecule has 2 atom stereocenters. The zero-order valence-electron chi connectivity index (χ0n) is 12.0. The van der Waals surface area contributed by atoms with E-state index in [4.69, 9.17) is 5.11 Å². The van der Waals surface area contributed by atoms with Crippen LogP contribution in [0.4, 0.5) is 0 Å². The van der Waals surface area contributed by atoms with Crippen LogP contribution >= 0.6 is 0 Å². The number of amides is 2. The number of carbonyl (C=O) groups is 4. The van der Waals surface area contributed by atoms with Crippen LogP contribution in [0.3, 0.4) is 0 Å². The lowest BCUT2D eigenvalue weighted by molar-refractivity contribution is -0.144. The molecule has 0 aromatic heterocycles. The van der Waals surface area contributed by atoms with Gasteiger partial charge in [0.05, 0.1) is 19.6 Å². The summed E-state index contributed by atoms with van der Waals surface area (Å²) >= 11 is 0. The summed E-state index contributed by atoms with van der Waals surface area (Å²) in [5, 5.41) is 13.9. The highest BCUT2D eigenvalue weighted by molar-refractivity contribution is 5.88. The van der Waals surface area contributed by atoms with E-state index in [0.717, 1.165) is 0 Å². The van der Waals surface area contributed by atoms with Crippen LogP contribution in [0.15, 0.2) is 0 Å². The van der Waals surface area contributed by atoms with Crippen molar-refractivity contribution in [1.82, 2.24) is 20.4 Å². The summed E-state index contributed by atoms with van der Waals surface area (Å²) in [4.78, 5) is 47.6. The average molecular weight is 300 g/mol. The Bertz CT molecular complexity index is 428. The molecule has 3 N–H and O–H groups in total. The van der Waals surface area contributed by atoms with Gasteiger partial charge in [0.2, 0.25) is 11.8 Å². The van der Waals surface area contributed by atoms with Crippen LogP contribution in [0.1, 0.15) is 6.92 Å². The van der Waals surface area contributed by atoms with E-state index in [-0.39, 0.29) is 37.5 Å². The summed E-state index contributed by atoms with van der Waals surface area (Å²) < 4.78 is 0. The van der Waals surface area contributed by atoms with Crippen LogP contribution in [0, 0.1) is 0 Å². The molecule has 0 aromatic carbocycles. The Labute approximate surface area is 122 Å². The van der Waals surface area contributed by atoms with E-state index >= 15 is 0 Å². The Kier molecular flexibility index (Phi) is 6.25.